The number of nitrogens with zero attached hydrogens (tertiary/aromatic N) is 3. The Labute approximate surface area is 134 Å². The van der Waals surface area contributed by atoms with Gasteiger partial charge < -0.3 is 10.4 Å². The minimum Gasteiger partial charge on any atom is -0.392 e. The van der Waals surface area contributed by atoms with Crippen LogP contribution in [0.5, 0.6) is 0 Å². The molecule has 0 aliphatic heterocycles. The molecule has 0 aliphatic rings. The third kappa shape index (κ3) is 3.15. The first-order chi connectivity index (χ1) is 11.6. The smallest absolute Gasteiger partial charge is 0.284 e. The second-order valence-corrected chi connectivity index (χ2v) is 4.92. The van der Waals surface area contributed by atoms with Crippen molar-refractivity contribution in [3.05, 3.63) is 59.7 Å². The molecule has 0 fully saturated rings. The van der Waals surface area contributed by atoms with Crippen molar-refractivity contribution in [2.24, 2.45) is 0 Å². The molecule has 24 heavy (non-hydrogen) atoms. The zero-order valence-electron chi connectivity index (χ0n) is 12.3. The Hall–Kier alpha value is -3.07. The fourth-order valence-electron chi connectivity index (χ4n) is 2.10. The number of nitrogens with one attached hydrogen (secondary N) is 2. The average molecular weight is 333 g/mol. The van der Waals surface area contributed by atoms with Gasteiger partial charge in [0, 0.05) is 6.20 Å². The number of aromatic amines is 1. The summed E-state index contributed by atoms with van der Waals surface area (Å²) in [7, 11) is 0. The minimum absolute atomic E-state index is 0.0872. The van der Waals surface area contributed by atoms with Crippen LogP contribution in [-0.2, 0) is 6.61 Å². The summed E-state index contributed by atoms with van der Waals surface area (Å²) in [5, 5.41) is 21.4. The highest BCUT2D eigenvalue weighted by Crippen LogP contribution is 2.27. The monoisotopic (exact) mass is 333 g/mol. The van der Waals surface area contributed by atoms with Gasteiger partial charge in [0.2, 0.25) is 0 Å². The fraction of sp³-hybridized carbons (Fsp3) is 0.133. The number of aromatic nitrogens is 4. The summed E-state index contributed by atoms with van der Waals surface area (Å²) in [6.45, 7) is -0.118. The lowest BCUT2D eigenvalue weighted by Crippen LogP contribution is -2.13. The van der Waals surface area contributed by atoms with Gasteiger partial charge in [-0.2, -0.15) is 10.2 Å². The van der Waals surface area contributed by atoms with Gasteiger partial charge >= 0.3 is 0 Å². The van der Waals surface area contributed by atoms with Crippen LogP contribution in [-0.4, -0.2) is 31.0 Å². The number of anilines is 1. The maximum Gasteiger partial charge on any atom is 0.284 e. The van der Waals surface area contributed by atoms with Crippen LogP contribution >= 0.6 is 0 Å². The highest BCUT2D eigenvalue weighted by molar-refractivity contribution is 6.03. The van der Waals surface area contributed by atoms with Gasteiger partial charge in [0.05, 0.1) is 24.2 Å². The Morgan fingerprint density at radius 3 is 2.62 bits per heavy atom. The van der Waals surface area contributed by atoms with E-state index < -0.39 is 18.0 Å². The van der Waals surface area contributed by atoms with E-state index in [1.54, 1.807) is 24.3 Å². The molecule has 9 heteroatoms. The van der Waals surface area contributed by atoms with Crippen molar-refractivity contribution in [2.75, 3.05) is 5.32 Å². The molecule has 0 atom stereocenters. The van der Waals surface area contributed by atoms with Gasteiger partial charge in [0.25, 0.3) is 12.3 Å². The number of aliphatic hydroxyl groups is 1. The van der Waals surface area contributed by atoms with E-state index in [-0.39, 0.29) is 18.0 Å². The summed E-state index contributed by atoms with van der Waals surface area (Å²) in [5.41, 5.74) is 0.740. The SMILES string of the molecule is O=C(Nc1cn(-c2ccc(CO)cc2)nc1C(F)F)c1ccn[nH]1. The summed E-state index contributed by atoms with van der Waals surface area (Å²) in [6.07, 6.45) is -0.154. The second-order valence-electron chi connectivity index (χ2n) is 4.92. The van der Waals surface area contributed by atoms with Gasteiger partial charge in [-0.3, -0.25) is 9.89 Å². The predicted octanol–water partition coefficient (Wildman–Crippen LogP) is 2.28. The van der Waals surface area contributed by atoms with Crippen LogP contribution in [0.1, 0.15) is 28.2 Å². The quantitative estimate of drug-likeness (QED) is 0.667. The van der Waals surface area contributed by atoms with Crippen molar-refractivity contribution in [3.63, 3.8) is 0 Å². The van der Waals surface area contributed by atoms with Gasteiger partial charge in [-0.15, -0.1) is 0 Å². The molecular weight excluding hydrogens is 320 g/mol. The van der Waals surface area contributed by atoms with Crippen molar-refractivity contribution in [2.45, 2.75) is 13.0 Å². The number of hydrogen-bond acceptors (Lipinski definition) is 4. The van der Waals surface area contributed by atoms with E-state index in [9.17, 15) is 13.6 Å². The van der Waals surface area contributed by atoms with E-state index in [0.717, 1.165) is 0 Å². The van der Waals surface area contributed by atoms with Gasteiger partial charge in [-0.05, 0) is 23.8 Å². The summed E-state index contributed by atoms with van der Waals surface area (Å²) in [6, 6.07) is 8.00. The number of aliphatic hydroxyl groups excluding tert-OH is 1. The van der Waals surface area contributed by atoms with E-state index in [0.29, 0.717) is 11.3 Å². The Bertz CT molecular complexity index is 828. The molecular formula is C15H13F2N5O2. The number of rotatable bonds is 5. The maximum atomic E-state index is 13.2. The summed E-state index contributed by atoms with van der Waals surface area (Å²) < 4.78 is 27.6. The number of amides is 1. The number of benzene rings is 1. The molecule has 1 amide bonds. The summed E-state index contributed by atoms with van der Waals surface area (Å²) in [4.78, 5) is 12.0. The van der Waals surface area contributed by atoms with Crippen LogP contribution in [0.4, 0.5) is 14.5 Å². The lowest BCUT2D eigenvalue weighted by atomic mass is 10.2. The van der Waals surface area contributed by atoms with Crippen molar-refractivity contribution in [1.29, 1.82) is 0 Å². The number of hydrogen-bond donors (Lipinski definition) is 3. The number of carbonyl (C=O) groups is 1. The van der Waals surface area contributed by atoms with Crippen molar-refractivity contribution >= 4 is 11.6 Å². The second kappa shape index (κ2) is 6.59. The Morgan fingerprint density at radius 2 is 2.04 bits per heavy atom. The molecule has 0 saturated carbocycles. The van der Waals surface area contributed by atoms with Crippen LogP contribution in [0.2, 0.25) is 0 Å². The van der Waals surface area contributed by atoms with Crippen LogP contribution in [0.25, 0.3) is 5.69 Å². The first kappa shape index (κ1) is 15.8. The third-order valence-corrected chi connectivity index (χ3v) is 3.33. The van der Waals surface area contributed by atoms with Crippen LogP contribution < -0.4 is 5.32 Å². The normalized spacial score (nSPS) is 11.0. The number of carbonyl (C=O) groups excluding carboxylic acids is 1. The van der Waals surface area contributed by atoms with Crippen LogP contribution in [0.15, 0.2) is 42.7 Å². The zero-order chi connectivity index (χ0) is 17.1. The minimum atomic E-state index is -2.85. The Balaban J connectivity index is 1.91. The Morgan fingerprint density at radius 1 is 1.29 bits per heavy atom. The van der Waals surface area contributed by atoms with Crippen molar-refractivity contribution in [3.8, 4) is 5.69 Å². The first-order valence-corrected chi connectivity index (χ1v) is 6.97. The zero-order valence-corrected chi connectivity index (χ0v) is 12.3. The lowest BCUT2D eigenvalue weighted by molar-refractivity contribution is 0.102. The molecule has 0 unspecified atom stereocenters. The third-order valence-electron chi connectivity index (χ3n) is 3.33. The average Bonchev–Trinajstić information content (AvgIpc) is 3.24. The van der Waals surface area contributed by atoms with E-state index in [2.05, 4.69) is 20.6 Å². The molecule has 0 bridgehead atoms. The highest BCUT2D eigenvalue weighted by atomic mass is 19.3. The van der Waals surface area contributed by atoms with Crippen molar-refractivity contribution in [1.82, 2.24) is 20.0 Å². The largest absolute Gasteiger partial charge is 0.392 e. The number of H-pyrrole nitrogens is 1. The molecule has 0 saturated heterocycles. The van der Waals surface area contributed by atoms with Crippen LogP contribution in [0, 0.1) is 0 Å². The van der Waals surface area contributed by atoms with Gasteiger partial charge in [-0.1, -0.05) is 12.1 Å². The van der Waals surface area contributed by atoms with E-state index in [1.165, 1.54) is 23.1 Å². The molecule has 0 spiro atoms. The van der Waals surface area contributed by atoms with Crippen LogP contribution in [0.3, 0.4) is 0 Å². The maximum absolute atomic E-state index is 13.2. The van der Waals surface area contributed by atoms with Gasteiger partial charge in [-0.25, -0.2) is 13.5 Å². The lowest BCUT2D eigenvalue weighted by Gasteiger charge is -2.02. The Kier molecular flexibility index (Phi) is 4.34. The molecule has 1 aromatic carbocycles. The molecule has 0 radical (unpaired) electrons. The molecule has 3 N–H and O–H groups in total. The standard InChI is InChI=1S/C15H13F2N5O2/c16-14(17)13-12(19-15(24)11-5-6-18-20-11)7-22(21-13)10-3-1-9(8-23)2-4-10/h1-7,14,23H,8H2,(H,18,20)(H,19,24). The molecule has 3 rings (SSSR count). The molecule has 0 aliphatic carbocycles. The van der Waals surface area contributed by atoms with Gasteiger partial charge in [0.15, 0.2) is 5.69 Å². The molecule has 3 aromatic rings. The molecule has 124 valence electrons. The van der Waals surface area contributed by atoms with E-state index in [4.69, 9.17) is 5.11 Å². The molecule has 7 nitrogen and oxygen atoms in total. The predicted molar refractivity (Wildman–Crippen MR) is 81.0 cm³/mol. The summed E-state index contributed by atoms with van der Waals surface area (Å²) >= 11 is 0. The molecule has 2 aromatic heterocycles. The van der Waals surface area contributed by atoms with Crippen molar-refractivity contribution < 1.29 is 18.7 Å². The highest BCUT2D eigenvalue weighted by Gasteiger charge is 2.21. The molecule has 2 heterocycles. The topological polar surface area (TPSA) is 95.8 Å². The van der Waals surface area contributed by atoms with E-state index in [1.807, 2.05) is 0 Å². The van der Waals surface area contributed by atoms with Gasteiger partial charge in [0.1, 0.15) is 5.69 Å². The number of halogens is 2. The fourth-order valence-corrected chi connectivity index (χ4v) is 2.10. The summed E-state index contributed by atoms with van der Waals surface area (Å²) in [5.74, 6) is -0.593. The number of alkyl halides is 2. The van der Waals surface area contributed by atoms with E-state index >= 15 is 0 Å². The first-order valence-electron chi connectivity index (χ1n) is 6.97.